The highest BCUT2D eigenvalue weighted by Gasteiger charge is 2.53. The fraction of sp³-hybridized carbons (Fsp3) is 0.0204. The Morgan fingerprint density at radius 1 is 0.346 bits per heavy atom. The average molecular weight is 666 g/mol. The number of ether oxygens (including phenoxy) is 2. The molecular formula is C49H31NO2. The summed E-state index contributed by atoms with van der Waals surface area (Å²) in [5.74, 6) is 2.86. The van der Waals surface area contributed by atoms with Crippen molar-refractivity contribution < 1.29 is 9.47 Å². The van der Waals surface area contributed by atoms with Gasteiger partial charge >= 0.3 is 0 Å². The molecule has 0 saturated carbocycles. The molecule has 1 spiro atoms. The molecule has 0 aromatic heterocycles. The third-order valence-electron chi connectivity index (χ3n) is 10.9. The largest absolute Gasteiger partial charge is 0.449 e. The number of anilines is 3. The van der Waals surface area contributed by atoms with Gasteiger partial charge in [0.05, 0.1) is 11.1 Å². The zero-order valence-electron chi connectivity index (χ0n) is 28.2. The zero-order chi connectivity index (χ0) is 34.2. The number of benzene rings is 8. The Morgan fingerprint density at radius 2 is 0.865 bits per heavy atom. The predicted molar refractivity (Wildman–Crippen MR) is 209 cm³/mol. The minimum absolute atomic E-state index is 0.449. The molecule has 1 aliphatic heterocycles. The molecule has 1 heterocycles. The fourth-order valence-corrected chi connectivity index (χ4v) is 8.80. The molecule has 0 N–H and O–H groups in total. The lowest BCUT2D eigenvalue weighted by atomic mass is 9.70. The van der Waals surface area contributed by atoms with Crippen LogP contribution in [0.2, 0.25) is 0 Å². The van der Waals surface area contributed by atoms with Gasteiger partial charge in [-0.1, -0.05) is 140 Å². The molecule has 52 heavy (non-hydrogen) atoms. The van der Waals surface area contributed by atoms with E-state index in [9.17, 15) is 0 Å². The van der Waals surface area contributed by atoms with Crippen molar-refractivity contribution in [3.63, 3.8) is 0 Å². The molecule has 3 aliphatic rings. The number of hydrogen-bond acceptors (Lipinski definition) is 3. The van der Waals surface area contributed by atoms with Crippen LogP contribution in [0.5, 0.6) is 23.0 Å². The summed E-state index contributed by atoms with van der Waals surface area (Å²) in [5, 5.41) is 0. The number of rotatable bonds is 4. The topological polar surface area (TPSA) is 21.7 Å². The first-order chi connectivity index (χ1) is 25.8. The lowest BCUT2D eigenvalue weighted by molar-refractivity contribution is 0.360. The van der Waals surface area contributed by atoms with Crippen molar-refractivity contribution in [3.05, 3.63) is 210 Å². The maximum atomic E-state index is 7.04. The van der Waals surface area contributed by atoms with Crippen LogP contribution in [0.25, 0.3) is 33.4 Å². The van der Waals surface area contributed by atoms with Gasteiger partial charge in [-0.05, 0) is 92.5 Å². The zero-order valence-corrected chi connectivity index (χ0v) is 28.2. The third kappa shape index (κ3) is 4.02. The van der Waals surface area contributed by atoms with Gasteiger partial charge in [-0.2, -0.15) is 0 Å². The molecule has 0 unspecified atom stereocenters. The van der Waals surface area contributed by atoms with Gasteiger partial charge in [0.25, 0.3) is 0 Å². The molecule has 3 nitrogen and oxygen atoms in total. The Hall–Kier alpha value is -6.84. The smallest absolute Gasteiger partial charge is 0.178 e. The van der Waals surface area contributed by atoms with Crippen LogP contribution in [0.4, 0.5) is 17.1 Å². The number of fused-ring (bicyclic) bond motifs is 13. The van der Waals surface area contributed by atoms with Crippen molar-refractivity contribution >= 4 is 17.1 Å². The minimum Gasteiger partial charge on any atom is -0.449 e. The van der Waals surface area contributed by atoms with Crippen LogP contribution in [0, 0.1) is 0 Å². The van der Waals surface area contributed by atoms with Crippen molar-refractivity contribution in [1.82, 2.24) is 0 Å². The Kier molecular flexibility index (Phi) is 6.17. The molecule has 0 atom stereocenters. The lowest BCUT2D eigenvalue weighted by Crippen LogP contribution is -2.25. The summed E-state index contributed by atoms with van der Waals surface area (Å²) in [5.41, 5.74) is 14.9. The van der Waals surface area contributed by atoms with Gasteiger partial charge in [0.1, 0.15) is 0 Å². The molecule has 0 saturated heterocycles. The standard InChI is InChI=1S/C49H31NO2/c1-3-13-32(14-4-1)33-23-25-35(26-24-33)50(34-15-5-2-6-16-34)36-27-29-44-46(31-36)52-48-45(51-44)30-28-43-47(48)39-19-9-12-22-42(39)49(43)40-20-10-7-17-37(40)38-18-8-11-21-41(38)49/h1-31H. The van der Waals surface area contributed by atoms with Crippen LogP contribution in [0.3, 0.4) is 0 Å². The fourth-order valence-electron chi connectivity index (χ4n) is 8.80. The predicted octanol–water partition coefficient (Wildman–Crippen LogP) is 13.1. The van der Waals surface area contributed by atoms with Crippen LogP contribution < -0.4 is 14.4 Å². The van der Waals surface area contributed by atoms with Crippen molar-refractivity contribution in [1.29, 1.82) is 0 Å². The molecular weight excluding hydrogens is 635 g/mol. The maximum absolute atomic E-state index is 7.04. The third-order valence-corrected chi connectivity index (χ3v) is 10.9. The van der Waals surface area contributed by atoms with E-state index in [1.807, 2.05) is 18.2 Å². The summed E-state index contributed by atoms with van der Waals surface area (Å²) in [7, 11) is 0. The van der Waals surface area contributed by atoms with Crippen molar-refractivity contribution in [3.8, 4) is 56.4 Å². The molecule has 0 radical (unpaired) electrons. The van der Waals surface area contributed by atoms with E-state index in [4.69, 9.17) is 9.47 Å². The van der Waals surface area contributed by atoms with Crippen molar-refractivity contribution in [2.45, 2.75) is 5.41 Å². The second-order valence-electron chi connectivity index (χ2n) is 13.6. The molecule has 0 fully saturated rings. The van der Waals surface area contributed by atoms with Crippen LogP contribution in [-0.4, -0.2) is 0 Å². The van der Waals surface area contributed by atoms with Gasteiger partial charge in [0.15, 0.2) is 23.0 Å². The highest BCUT2D eigenvalue weighted by molar-refractivity contribution is 5.98. The normalized spacial score (nSPS) is 13.5. The summed E-state index contributed by atoms with van der Waals surface area (Å²) >= 11 is 0. The van der Waals surface area contributed by atoms with E-state index in [1.54, 1.807) is 0 Å². The van der Waals surface area contributed by atoms with Crippen molar-refractivity contribution in [2.24, 2.45) is 0 Å². The van der Waals surface area contributed by atoms with Crippen LogP contribution >= 0.6 is 0 Å². The first-order valence-corrected chi connectivity index (χ1v) is 17.8. The van der Waals surface area contributed by atoms with Gasteiger partial charge in [0, 0.05) is 23.0 Å². The summed E-state index contributed by atoms with van der Waals surface area (Å²) in [4.78, 5) is 2.26. The molecule has 3 heteroatoms. The minimum atomic E-state index is -0.449. The van der Waals surface area contributed by atoms with E-state index in [2.05, 4.69) is 175 Å². The summed E-state index contributed by atoms with van der Waals surface area (Å²) in [6.45, 7) is 0. The number of hydrogen-bond donors (Lipinski definition) is 0. The van der Waals surface area contributed by atoms with E-state index in [-0.39, 0.29) is 0 Å². The molecule has 11 rings (SSSR count). The van der Waals surface area contributed by atoms with Gasteiger partial charge in [0.2, 0.25) is 0 Å². The number of nitrogens with zero attached hydrogens (tertiary/aromatic N) is 1. The SMILES string of the molecule is c1ccc(-c2ccc(N(c3ccccc3)c3ccc4c(c3)Oc3c(ccc5c3-c3ccccc3C53c5ccccc5-c5ccccc53)O4)cc2)cc1. The Balaban J connectivity index is 1.05. The quantitative estimate of drug-likeness (QED) is 0.187. The van der Waals surface area contributed by atoms with Gasteiger partial charge in [-0.15, -0.1) is 0 Å². The average Bonchev–Trinajstić information content (AvgIpc) is 3.69. The lowest BCUT2D eigenvalue weighted by Gasteiger charge is -2.31. The summed E-state index contributed by atoms with van der Waals surface area (Å²) in [6, 6.07) is 66.8. The highest BCUT2D eigenvalue weighted by Crippen LogP contribution is 2.66. The summed E-state index contributed by atoms with van der Waals surface area (Å²) < 4.78 is 13.7. The molecule has 2 aliphatic carbocycles. The summed E-state index contributed by atoms with van der Waals surface area (Å²) in [6.07, 6.45) is 0. The van der Waals surface area contributed by atoms with Crippen molar-refractivity contribution in [2.75, 3.05) is 4.90 Å². The second kappa shape index (κ2) is 11.1. The van der Waals surface area contributed by atoms with Gasteiger partial charge in [-0.3, -0.25) is 0 Å². The van der Waals surface area contributed by atoms with Crippen LogP contribution in [0.1, 0.15) is 22.3 Å². The second-order valence-corrected chi connectivity index (χ2v) is 13.6. The molecule has 0 amide bonds. The van der Waals surface area contributed by atoms with E-state index in [0.29, 0.717) is 11.5 Å². The maximum Gasteiger partial charge on any atom is 0.178 e. The Bertz CT molecular complexity index is 2640. The molecule has 0 bridgehead atoms. The van der Waals surface area contributed by atoms with Crippen LogP contribution in [-0.2, 0) is 5.41 Å². The molecule has 8 aromatic rings. The van der Waals surface area contributed by atoms with E-state index < -0.39 is 5.41 Å². The monoisotopic (exact) mass is 665 g/mol. The van der Waals surface area contributed by atoms with Crippen LogP contribution in [0.15, 0.2) is 188 Å². The van der Waals surface area contributed by atoms with E-state index in [0.717, 1.165) is 34.1 Å². The first kappa shape index (κ1) is 28.9. The van der Waals surface area contributed by atoms with Gasteiger partial charge in [-0.25, -0.2) is 0 Å². The Labute approximate surface area is 302 Å². The Morgan fingerprint density at radius 3 is 1.56 bits per heavy atom. The van der Waals surface area contributed by atoms with E-state index in [1.165, 1.54) is 50.1 Å². The van der Waals surface area contributed by atoms with Gasteiger partial charge < -0.3 is 14.4 Å². The molecule has 244 valence electrons. The van der Waals surface area contributed by atoms with E-state index >= 15 is 0 Å². The highest BCUT2D eigenvalue weighted by atomic mass is 16.6. The first-order valence-electron chi connectivity index (χ1n) is 17.8. The molecule has 8 aromatic carbocycles. The number of para-hydroxylation sites is 1.